The van der Waals surface area contributed by atoms with Crippen LogP contribution in [0.3, 0.4) is 0 Å². The summed E-state index contributed by atoms with van der Waals surface area (Å²) >= 11 is 0. The third-order valence-electron chi connectivity index (χ3n) is 2.99. The van der Waals surface area contributed by atoms with E-state index in [4.69, 9.17) is 14.3 Å². The van der Waals surface area contributed by atoms with Gasteiger partial charge in [0.25, 0.3) is 0 Å². The number of pyridine rings is 1. The highest BCUT2D eigenvalue weighted by Gasteiger charge is 2.47. The van der Waals surface area contributed by atoms with E-state index >= 15 is 0 Å². The number of esters is 1. The SMILES string of the molecule is CC(C)(C)OC(=O)C(Nc1cc(-c2nc(C(=O)O)co2)ccn1)C(F)(F)F. The summed E-state index contributed by atoms with van der Waals surface area (Å²) in [6.45, 7) is 4.33. The molecule has 2 heterocycles. The number of alkyl halides is 3. The zero-order valence-electron chi connectivity index (χ0n) is 14.5. The second kappa shape index (κ2) is 7.25. The molecule has 2 rings (SSSR count). The van der Waals surface area contributed by atoms with Crippen molar-refractivity contribution in [3.8, 4) is 11.5 Å². The van der Waals surface area contributed by atoms with Crippen LogP contribution in [0.25, 0.3) is 11.5 Å². The number of ether oxygens (including phenoxy) is 1. The molecule has 0 aliphatic rings. The van der Waals surface area contributed by atoms with Crippen molar-refractivity contribution in [2.75, 3.05) is 5.32 Å². The van der Waals surface area contributed by atoms with E-state index in [0.717, 1.165) is 18.5 Å². The van der Waals surface area contributed by atoms with Crippen LogP contribution >= 0.6 is 0 Å². The number of rotatable bonds is 5. The fourth-order valence-corrected chi connectivity index (χ4v) is 1.93. The Kier molecular flexibility index (Phi) is 5.43. The first-order valence-electron chi connectivity index (χ1n) is 7.58. The molecule has 27 heavy (non-hydrogen) atoms. The molecule has 0 bridgehead atoms. The summed E-state index contributed by atoms with van der Waals surface area (Å²) in [5.74, 6) is -3.25. The van der Waals surface area contributed by atoms with E-state index in [-0.39, 0.29) is 23.0 Å². The fraction of sp³-hybridized carbons (Fsp3) is 0.375. The van der Waals surface area contributed by atoms with Crippen LogP contribution in [-0.2, 0) is 9.53 Å². The lowest BCUT2D eigenvalue weighted by atomic mass is 10.2. The molecular weight excluding hydrogens is 371 g/mol. The van der Waals surface area contributed by atoms with E-state index in [1.54, 1.807) is 0 Å². The van der Waals surface area contributed by atoms with Crippen LogP contribution in [0.2, 0.25) is 0 Å². The van der Waals surface area contributed by atoms with Crippen molar-refractivity contribution in [2.45, 2.75) is 38.6 Å². The van der Waals surface area contributed by atoms with E-state index in [2.05, 4.69) is 9.97 Å². The van der Waals surface area contributed by atoms with Crippen molar-refractivity contribution < 1.29 is 37.0 Å². The van der Waals surface area contributed by atoms with Crippen molar-refractivity contribution in [3.63, 3.8) is 0 Å². The molecule has 0 radical (unpaired) electrons. The Morgan fingerprint density at radius 2 is 1.96 bits per heavy atom. The zero-order valence-corrected chi connectivity index (χ0v) is 14.5. The van der Waals surface area contributed by atoms with Crippen LogP contribution in [-0.4, -0.2) is 44.8 Å². The number of anilines is 1. The monoisotopic (exact) mass is 387 g/mol. The number of aromatic nitrogens is 2. The van der Waals surface area contributed by atoms with Crippen LogP contribution in [0.4, 0.5) is 19.0 Å². The van der Waals surface area contributed by atoms with Crippen LogP contribution < -0.4 is 5.32 Å². The predicted molar refractivity (Wildman–Crippen MR) is 86.0 cm³/mol. The lowest BCUT2D eigenvalue weighted by Crippen LogP contribution is -2.46. The van der Waals surface area contributed by atoms with Gasteiger partial charge in [-0.2, -0.15) is 13.2 Å². The summed E-state index contributed by atoms with van der Waals surface area (Å²) in [7, 11) is 0. The number of aromatic carboxylic acids is 1. The van der Waals surface area contributed by atoms with E-state index < -0.39 is 29.8 Å². The number of carboxylic acids is 1. The molecule has 2 N–H and O–H groups in total. The number of carboxylic acid groups (broad SMARTS) is 1. The molecule has 1 unspecified atom stereocenters. The van der Waals surface area contributed by atoms with Crippen LogP contribution in [0.5, 0.6) is 0 Å². The number of oxazole rings is 1. The quantitative estimate of drug-likeness (QED) is 0.752. The second-order valence-electron chi connectivity index (χ2n) is 6.43. The van der Waals surface area contributed by atoms with Crippen molar-refractivity contribution in [2.24, 2.45) is 0 Å². The van der Waals surface area contributed by atoms with Gasteiger partial charge in [-0.25, -0.2) is 19.6 Å². The number of halogens is 3. The second-order valence-corrected chi connectivity index (χ2v) is 6.43. The molecule has 11 heteroatoms. The van der Waals surface area contributed by atoms with Gasteiger partial charge in [0, 0.05) is 11.8 Å². The van der Waals surface area contributed by atoms with Crippen LogP contribution in [0, 0.1) is 0 Å². The Morgan fingerprint density at radius 3 is 2.48 bits per heavy atom. The van der Waals surface area contributed by atoms with Gasteiger partial charge >= 0.3 is 18.1 Å². The minimum absolute atomic E-state index is 0.126. The molecule has 0 aliphatic heterocycles. The average Bonchev–Trinajstić information content (AvgIpc) is 3.00. The number of carbonyl (C=O) groups excluding carboxylic acids is 1. The molecule has 2 aromatic heterocycles. The Hall–Kier alpha value is -3.11. The maximum absolute atomic E-state index is 13.3. The normalized spacial score (nSPS) is 13.1. The number of hydrogen-bond donors (Lipinski definition) is 2. The first-order chi connectivity index (χ1) is 12.4. The Bertz CT molecular complexity index is 842. The molecule has 0 saturated heterocycles. The van der Waals surface area contributed by atoms with Crippen LogP contribution in [0.15, 0.2) is 29.0 Å². The summed E-state index contributed by atoms with van der Waals surface area (Å²) < 4.78 is 49.6. The smallest absolute Gasteiger partial charge is 0.419 e. The minimum atomic E-state index is -4.93. The molecule has 8 nitrogen and oxygen atoms in total. The number of hydrogen-bond acceptors (Lipinski definition) is 7. The summed E-state index contributed by atoms with van der Waals surface area (Å²) in [6, 6.07) is -0.141. The van der Waals surface area contributed by atoms with Gasteiger partial charge in [-0.3, -0.25) is 0 Å². The largest absolute Gasteiger partial charge is 0.476 e. The lowest BCUT2D eigenvalue weighted by molar-refractivity contribution is -0.184. The topological polar surface area (TPSA) is 115 Å². The highest BCUT2D eigenvalue weighted by Crippen LogP contribution is 2.27. The maximum Gasteiger partial charge on any atom is 0.419 e. The molecule has 0 fully saturated rings. The van der Waals surface area contributed by atoms with Gasteiger partial charge in [0.05, 0.1) is 0 Å². The first kappa shape index (κ1) is 20.2. The summed E-state index contributed by atoms with van der Waals surface area (Å²) in [4.78, 5) is 30.2. The Labute approximate surface area is 151 Å². The lowest BCUT2D eigenvalue weighted by Gasteiger charge is -2.26. The number of nitrogens with one attached hydrogen (secondary N) is 1. The molecule has 0 amide bonds. The van der Waals surface area contributed by atoms with Gasteiger partial charge in [0.2, 0.25) is 11.9 Å². The molecule has 0 aromatic carbocycles. The highest BCUT2D eigenvalue weighted by molar-refractivity contribution is 5.85. The van der Waals surface area contributed by atoms with Crippen molar-refractivity contribution in [1.82, 2.24) is 9.97 Å². The van der Waals surface area contributed by atoms with Gasteiger partial charge in [-0.05, 0) is 32.9 Å². The molecular formula is C16H16F3N3O5. The third kappa shape index (κ3) is 5.43. The standard InChI is InChI=1S/C16H16F3N3O5/c1-15(2,3)27-14(25)11(16(17,18)19)22-10-6-8(4-5-20-10)12-21-9(7-26-12)13(23)24/h4-7,11H,1-3H3,(H,20,22)(H,23,24). The number of carbonyl (C=O) groups is 2. The minimum Gasteiger partial charge on any atom is -0.476 e. The van der Waals surface area contributed by atoms with E-state index in [1.807, 2.05) is 5.32 Å². The van der Waals surface area contributed by atoms with Gasteiger partial charge in [0.1, 0.15) is 17.7 Å². The van der Waals surface area contributed by atoms with Crippen LogP contribution in [0.1, 0.15) is 31.3 Å². The van der Waals surface area contributed by atoms with Crippen molar-refractivity contribution in [3.05, 3.63) is 30.3 Å². The average molecular weight is 387 g/mol. The van der Waals surface area contributed by atoms with E-state index in [9.17, 15) is 22.8 Å². The van der Waals surface area contributed by atoms with Gasteiger partial charge < -0.3 is 19.6 Å². The molecule has 1 atom stereocenters. The Morgan fingerprint density at radius 1 is 1.30 bits per heavy atom. The van der Waals surface area contributed by atoms with Gasteiger partial charge in [-0.1, -0.05) is 0 Å². The molecule has 0 aliphatic carbocycles. The zero-order chi connectivity index (χ0) is 20.4. The van der Waals surface area contributed by atoms with Gasteiger partial charge in [0.15, 0.2) is 5.69 Å². The summed E-state index contributed by atoms with van der Waals surface area (Å²) in [6.07, 6.45) is -2.88. The highest BCUT2D eigenvalue weighted by atomic mass is 19.4. The summed E-state index contributed by atoms with van der Waals surface area (Å²) in [5, 5.41) is 10.8. The van der Waals surface area contributed by atoms with Gasteiger partial charge in [-0.15, -0.1) is 0 Å². The number of nitrogens with zero attached hydrogens (tertiary/aromatic N) is 2. The molecule has 0 spiro atoms. The first-order valence-corrected chi connectivity index (χ1v) is 7.58. The van der Waals surface area contributed by atoms with E-state index in [0.29, 0.717) is 0 Å². The third-order valence-corrected chi connectivity index (χ3v) is 2.99. The van der Waals surface area contributed by atoms with Crippen molar-refractivity contribution in [1.29, 1.82) is 0 Å². The molecule has 0 saturated carbocycles. The Balaban J connectivity index is 2.28. The van der Waals surface area contributed by atoms with E-state index in [1.165, 1.54) is 26.8 Å². The van der Waals surface area contributed by atoms with Crippen molar-refractivity contribution >= 4 is 17.8 Å². The molecule has 2 aromatic rings. The summed E-state index contributed by atoms with van der Waals surface area (Å²) in [5.41, 5.74) is -1.30. The molecule has 146 valence electrons. The fourth-order valence-electron chi connectivity index (χ4n) is 1.93. The maximum atomic E-state index is 13.3. The predicted octanol–water partition coefficient (Wildman–Crippen LogP) is 3.12.